The normalized spacial score (nSPS) is 11.8. The topological polar surface area (TPSA) is 50.2 Å². The van der Waals surface area contributed by atoms with Gasteiger partial charge in [0.1, 0.15) is 9.88 Å². The fraction of sp³-hybridized carbons (Fsp3) is 0.333. The summed E-state index contributed by atoms with van der Waals surface area (Å²) in [6.45, 7) is 5.87. The molecule has 2 aromatic heterocycles. The van der Waals surface area contributed by atoms with Crippen LogP contribution in [-0.4, -0.2) is 16.1 Å². The number of aromatic carboxylic acids is 1. The molecular formula is C12H12ClNO2S2. The Morgan fingerprint density at radius 1 is 1.33 bits per heavy atom. The van der Waals surface area contributed by atoms with Crippen molar-refractivity contribution in [1.82, 2.24) is 4.98 Å². The van der Waals surface area contributed by atoms with Crippen LogP contribution in [0.15, 0.2) is 12.1 Å². The van der Waals surface area contributed by atoms with Gasteiger partial charge in [0.15, 0.2) is 0 Å². The Morgan fingerprint density at radius 2 is 2.00 bits per heavy atom. The first kappa shape index (κ1) is 13.5. The molecule has 0 saturated heterocycles. The van der Waals surface area contributed by atoms with Gasteiger partial charge in [0.2, 0.25) is 0 Å². The average Bonchev–Trinajstić information content (AvgIpc) is 2.81. The molecule has 1 N–H and O–H groups in total. The standard InChI is InChI=1S/C12H12ClNO2S2/c1-12(2,3)9-8(11(15)16)18-10(14-9)6-4-5-7(13)17-6/h4-5H,1-3H3,(H,15,16). The second-order valence-electron chi connectivity index (χ2n) is 4.86. The van der Waals surface area contributed by atoms with Crippen molar-refractivity contribution in [3.63, 3.8) is 0 Å². The summed E-state index contributed by atoms with van der Waals surface area (Å²) in [6, 6.07) is 3.66. The molecule has 0 unspecified atom stereocenters. The molecule has 2 aromatic rings. The zero-order valence-electron chi connectivity index (χ0n) is 10.2. The van der Waals surface area contributed by atoms with Gasteiger partial charge in [-0.05, 0) is 12.1 Å². The van der Waals surface area contributed by atoms with Crippen LogP contribution in [0.25, 0.3) is 9.88 Å². The van der Waals surface area contributed by atoms with E-state index in [9.17, 15) is 9.90 Å². The van der Waals surface area contributed by atoms with Crippen LogP contribution in [0.3, 0.4) is 0 Å². The van der Waals surface area contributed by atoms with Gasteiger partial charge in [-0.2, -0.15) is 0 Å². The van der Waals surface area contributed by atoms with Crippen molar-refractivity contribution in [3.05, 3.63) is 27.0 Å². The first-order chi connectivity index (χ1) is 8.29. The van der Waals surface area contributed by atoms with E-state index in [0.717, 1.165) is 4.88 Å². The molecule has 6 heteroatoms. The van der Waals surface area contributed by atoms with E-state index in [-0.39, 0.29) is 5.41 Å². The number of carboxylic acid groups (broad SMARTS) is 1. The molecule has 2 rings (SSSR count). The van der Waals surface area contributed by atoms with Gasteiger partial charge in [-0.3, -0.25) is 0 Å². The van der Waals surface area contributed by atoms with E-state index >= 15 is 0 Å². The molecule has 0 radical (unpaired) electrons. The number of carbonyl (C=O) groups is 1. The lowest BCUT2D eigenvalue weighted by molar-refractivity contribution is 0.0699. The quantitative estimate of drug-likeness (QED) is 0.887. The molecule has 0 spiro atoms. The predicted molar refractivity (Wildman–Crippen MR) is 76.1 cm³/mol. The van der Waals surface area contributed by atoms with Crippen LogP contribution in [0.2, 0.25) is 4.34 Å². The number of aromatic nitrogens is 1. The van der Waals surface area contributed by atoms with Gasteiger partial charge in [-0.25, -0.2) is 9.78 Å². The van der Waals surface area contributed by atoms with Crippen molar-refractivity contribution in [3.8, 4) is 9.88 Å². The van der Waals surface area contributed by atoms with E-state index in [1.807, 2.05) is 26.8 Å². The third-order valence-corrected chi connectivity index (χ3v) is 4.76. The van der Waals surface area contributed by atoms with Gasteiger partial charge < -0.3 is 5.11 Å². The molecule has 18 heavy (non-hydrogen) atoms. The summed E-state index contributed by atoms with van der Waals surface area (Å²) in [5.41, 5.74) is 0.336. The molecule has 2 heterocycles. The zero-order valence-corrected chi connectivity index (χ0v) is 12.5. The largest absolute Gasteiger partial charge is 0.477 e. The number of carboxylic acids is 1. The van der Waals surface area contributed by atoms with Crippen LogP contribution >= 0.6 is 34.3 Å². The smallest absolute Gasteiger partial charge is 0.347 e. The average molecular weight is 302 g/mol. The molecule has 0 aliphatic carbocycles. The zero-order chi connectivity index (χ0) is 13.5. The van der Waals surface area contributed by atoms with Crippen molar-refractivity contribution in [2.75, 3.05) is 0 Å². The van der Waals surface area contributed by atoms with Crippen molar-refractivity contribution in [2.24, 2.45) is 0 Å². The lowest BCUT2D eigenvalue weighted by Crippen LogP contribution is -2.16. The highest BCUT2D eigenvalue weighted by Crippen LogP contribution is 2.38. The SMILES string of the molecule is CC(C)(C)c1nc(-c2ccc(Cl)s2)sc1C(=O)O. The van der Waals surface area contributed by atoms with E-state index in [0.29, 0.717) is 19.9 Å². The highest BCUT2D eigenvalue weighted by molar-refractivity contribution is 7.24. The third-order valence-electron chi connectivity index (χ3n) is 2.32. The van der Waals surface area contributed by atoms with Crippen LogP contribution < -0.4 is 0 Å². The fourth-order valence-corrected chi connectivity index (χ4v) is 3.72. The predicted octanol–water partition coefficient (Wildman–Crippen LogP) is 4.52. The molecule has 0 fully saturated rings. The Kier molecular flexibility index (Phi) is 3.49. The number of nitrogens with zero attached hydrogens (tertiary/aromatic N) is 1. The summed E-state index contributed by atoms with van der Waals surface area (Å²) < 4.78 is 0.675. The number of thiophene rings is 1. The highest BCUT2D eigenvalue weighted by atomic mass is 35.5. The van der Waals surface area contributed by atoms with Gasteiger partial charge in [0.25, 0.3) is 0 Å². The maximum atomic E-state index is 11.3. The van der Waals surface area contributed by atoms with Crippen LogP contribution in [0.1, 0.15) is 36.1 Å². The van der Waals surface area contributed by atoms with E-state index in [2.05, 4.69) is 4.98 Å². The number of halogens is 1. The van der Waals surface area contributed by atoms with Crippen LogP contribution in [0, 0.1) is 0 Å². The molecule has 3 nitrogen and oxygen atoms in total. The van der Waals surface area contributed by atoms with Gasteiger partial charge in [-0.1, -0.05) is 32.4 Å². The van der Waals surface area contributed by atoms with Crippen LogP contribution in [-0.2, 0) is 5.41 Å². The monoisotopic (exact) mass is 301 g/mol. The summed E-state index contributed by atoms with van der Waals surface area (Å²) in [6.07, 6.45) is 0. The minimum atomic E-state index is -0.925. The summed E-state index contributed by atoms with van der Waals surface area (Å²) in [7, 11) is 0. The van der Waals surface area contributed by atoms with E-state index in [1.54, 1.807) is 6.07 Å². The van der Waals surface area contributed by atoms with E-state index < -0.39 is 5.97 Å². The number of thiazole rings is 1. The molecule has 0 aromatic carbocycles. The summed E-state index contributed by atoms with van der Waals surface area (Å²) >= 11 is 8.50. The second kappa shape index (κ2) is 4.64. The molecular weight excluding hydrogens is 290 g/mol. The fourth-order valence-electron chi connectivity index (χ4n) is 1.51. The number of hydrogen-bond donors (Lipinski definition) is 1. The van der Waals surface area contributed by atoms with Crippen molar-refractivity contribution in [2.45, 2.75) is 26.2 Å². The molecule has 0 saturated carbocycles. The summed E-state index contributed by atoms with van der Waals surface area (Å²) in [5, 5.41) is 9.96. The third kappa shape index (κ3) is 2.58. The van der Waals surface area contributed by atoms with Crippen LogP contribution in [0.5, 0.6) is 0 Å². The summed E-state index contributed by atoms with van der Waals surface area (Å²) in [4.78, 5) is 17.0. The molecule has 0 aliphatic heterocycles. The first-order valence-corrected chi connectivity index (χ1v) is 7.30. The Bertz CT molecular complexity index is 595. The van der Waals surface area contributed by atoms with Crippen molar-refractivity contribution >= 4 is 40.2 Å². The molecule has 96 valence electrons. The molecule has 0 aliphatic rings. The van der Waals surface area contributed by atoms with Crippen molar-refractivity contribution < 1.29 is 9.90 Å². The summed E-state index contributed by atoms with van der Waals surface area (Å²) in [5.74, 6) is -0.925. The highest BCUT2D eigenvalue weighted by Gasteiger charge is 2.27. The Morgan fingerprint density at radius 3 is 2.39 bits per heavy atom. The maximum absolute atomic E-state index is 11.3. The lowest BCUT2D eigenvalue weighted by Gasteiger charge is -2.15. The van der Waals surface area contributed by atoms with Gasteiger partial charge in [0, 0.05) is 5.41 Å². The first-order valence-electron chi connectivity index (χ1n) is 5.29. The minimum Gasteiger partial charge on any atom is -0.477 e. The molecule has 0 atom stereocenters. The second-order valence-corrected chi connectivity index (χ2v) is 7.57. The Labute approximate surface area is 118 Å². The van der Waals surface area contributed by atoms with Crippen molar-refractivity contribution in [1.29, 1.82) is 0 Å². The van der Waals surface area contributed by atoms with Gasteiger partial charge >= 0.3 is 5.97 Å². The minimum absolute atomic E-state index is 0.288. The van der Waals surface area contributed by atoms with E-state index in [4.69, 9.17) is 11.6 Å². The number of hydrogen-bond acceptors (Lipinski definition) is 4. The van der Waals surface area contributed by atoms with Gasteiger partial charge in [0.05, 0.1) is 14.9 Å². The van der Waals surface area contributed by atoms with E-state index in [1.165, 1.54) is 22.7 Å². The van der Waals surface area contributed by atoms with Crippen LogP contribution in [0.4, 0.5) is 0 Å². The lowest BCUT2D eigenvalue weighted by atomic mass is 9.91. The molecule has 0 amide bonds. The molecule has 0 bridgehead atoms. The number of rotatable bonds is 2. The van der Waals surface area contributed by atoms with Gasteiger partial charge in [-0.15, -0.1) is 22.7 Å². The Hall–Kier alpha value is -0.910. The Balaban J connectivity index is 2.56. The maximum Gasteiger partial charge on any atom is 0.347 e.